The van der Waals surface area contributed by atoms with Crippen molar-refractivity contribution in [3.05, 3.63) is 60.8 Å². The lowest BCUT2D eigenvalue weighted by Crippen LogP contribution is -2.47. The third-order valence-corrected chi connectivity index (χ3v) is 12.7. The number of quaternary nitrogens is 1. The molecule has 0 fully saturated rings. The van der Waals surface area contributed by atoms with E-state index in [1.165, 1.54) is 109 Å². The highest BCUT2D eigenvalue weighted by atomic mass is 31.2. The van der Waals surface area contributed by atoms with Crippen molar-refractivity contribution in [1.82, 2.24) is 5.32 Å². The van der Waals surface area contributed by atoms with Crippen LogP contribution in [0.15, 0.2) is 60.8 Å². The smallest absolute Gasteiger partial charge is 0.306 e. The molecule has 0 saturated carbocycles. The highest BCUT2D eigenvalue weighted by Gasteiger charge is 2.27. The van der Waals surface area contributed by atoms with Gasteiger partial charge in [0.15, 0.2) is 0 Å². The van der Waals surface area contributed by atoms with Crippen molar-refractivity contribution < 1.29 is 37.3 Å². The first-order valence-corrected chi connectivity index (χ1v) is 28.6. The quantitative estimate of drug-likeness (QED) is 0.0161. The van der Waals surface area contributed by atoms with E-state index in [4.69, 9.17) is 13.8 Å². The molecular weight excluding hydrogens is 844 g/mol. The van der Waals surface area contributed by atoms with E-state index < -0.39 is 26.6 Å². The van der Waals surface area contributed by atoms with Gasteiger partial charge in [-0.25, -0.2) is 0 Å². The van der Waals surface area contributed by atoms with Gasteiger partial charge in [0.1, 0.15) is 19.3 Å². The van der Waals surface area contributed by atoms with Crippen molar-refractivity contribution in [2.75, 3.05) is 40.9 Å². The van der Waals surface area contributed by atoms with Crippen LogP contribution < -0.4 is 10.2 Å². The van der Waals surface area contributed by atoms with Crippen molar-refractivity contribution in [3.8, 4) is 0 Å². The molecule has 0 aliphatic heterocycles. The SMILES string of the molecule is CCCCC/C=C/C=C/CCCCCCCCC(=O)OC(/C=C/CCCCCCCCCCCC)C(COP(=O)([O-])OCC[N+](C)(C)C)NC(=O)CC/C=C/C/C=C\CCCCCCCC. The Morgan fingerprint density at radius 2 is 0.985 bits per heavy atom. The van der Waals surface area contributed by atoms with Crippen LogP contribution in [0.3, 0.4) is 0 Å². The number of phosphoric ester groups is 1. The summed E-state index contributed by atoms with van der Waals surface area (Å²) in [4.78, 5) is 39.7. The normalized spacial score (nSPS) is 14.3. The average Bonchev–Trinajstić information content (AvgIpc) is 3.27. The second-order valence-electron chi connectivity index (χ2n) is 19.4. The zero-order valence-electron chi connectivity index (χ0n) is 43.6. The zero-order valence-corrected chi connectivity index (χ0v) is 44.5. The van der Waals surface area contributed by atoms with Crippen LogP contribution in [0, 0.1) is 0 Å². The lowest BCUT2D eigenvalue weighted by Gasteiger charge is -2.30. The third-order valence-electron chi connectivity index (χ3n) is 11.7. The average molecular weight is 947 g/mol. The van der Waals surface area contributed by atoms with Crippen LogP contribution in [0.1, 0.15) is 233 Å². The van der Waals surface area contributed by atoms with Gasteiger partial charge in [-0.15, -0.1) is 0 Å². The standard InChI is InChI=1S/C56H103N2O7P/c1-7-10-13-16-19-22-25-28-29-31-34-37-40-43-46-49-56(60)65-54(47-44-41-38-35-32-27-24-21-18-15-12-9-3)53(52-64-66(61,62)63-51-50-58(4,5)6)57-55(59)48-45-42-39-36-33-30-26-23-20-17-14-11-8-2/h19,22,25,28,30,33,39,42,44,47,53-54H,7-18,20-21,23-24,26-27,29,31-32,34-38,40-41,43,45-46,48-52H2,1-6H3,(H-,57,59,61,62)/b22-19+,28-25+,33-30-,42-39+,47-44+. The molecule has 0 aromatic carbocycles. The minimum Gasteiger partial charge on any atom is -0.756 e. The number of unbranched alkanes of at least 4 members (excludes halogenated alkanes) is 25. The van der Waals surface area contributed by atoms with Gasteiger partial charge < -0.3 is 28.5 Å². The summed E-state index contributed by atoms with van der Waals surface area (Å²) in [7, 11) is 1.14. The number of hydrogen-bond acceptors (Lipinski definition) is 7. The van der Waals surface area contributed by atoms with Gasteiger partial charge in [0.2, 0.25) is 5.91 Å². The van der Waals surface area contributed by atoms with E-state index in [-0.39, 0.29) is 31.3 Å². The van der Waals surface area contributed by atoms with Gasteiger partial charge >= 0.3 is 5.97 Å². The van der Waals surface area contributed by atoms with Crippen LogP contribution in [-0.4, -0.2) is 69.4 Å². The number of likely N-dealkylation sites (N-methyl/N-ethyl adjacent to an activating group) is 1. The van der Waals surface area contributed by atoms with Gasteiger partial charge in [0.05, 0.1) is 33.8 Å². The van der Waals surface area contributed by atoms with Crippen molar-refractivity contribution in [2.45, 2.75) is 245 Å². The summed E-state index contributed by atoms with van der Waals surface area (Å²) < 4.78 is 30.1. The Kier molecular flexibility index (Phi) is 44.8. The summed E-state index contributed by atoms with van der Waals surface area (Å²) in [6.45, 7) is 6.73. The van der Waals surface area contributed by atoms with Gasteiger partial charge in [0.25, 0.3) is 7.82 Å². The van der Waals surface area contributed by atoms with E-state index in [9.17, 15) is 19.0 Å². The zero-order chi connectivity index (χ0) is 48.7. The number of esters is 1. The third kappa shape index (κ3) is 46.8. The molecule has 0 aromatic heterocycles. The molecule has 3 atom stereocenters. The number of carbonyl (C=O) groups excluding carboxylic acids is 2. The number of nitrogens with zero attached hydrogens (tertiary/aromatic N) is 1. The molecule has 1 amide bonds. The van der Waals surface area contributed by atoms with Gasteiger partial charge in [-0.05, 0) is 76.7 Å². The van der Waals surface area contributed by atoms with Crippen molar-refractivity contribution >= 4 is 19.7 Å². The predicted molar refractivity (Wildman–Crippen MR) is 279 cm³/mol. The van der Waals surface area contributed by atoms with E-state index in [1.54, 1.807) is 0 Å². The summed E-state index contributed by atoms with van der Waals surface area (Å²) in [5.74, 6) is -0.634. The van der Waals surface area contributed by atoms with Gasteiger partial charge in [0, 0.05) is 12.8 Å². The summed E-state index contributed by atoms with van der Waals surface area (Å²) in [6, 6.07) is -0.922. The number of nitrogens with one attached hydrogen (secondary N) is 1. The van der Waals surface area contributed by atoms with Crippen molar-refractivity contribution in [2.24, 2.45) is 0 Å². The molecule has 0 heterocycles. The van der Waals surface area contributed by atoms with Gasteiger partial charge in [-0.2, -0.15) is 0 Å². The first kappa shape index (κ1) is 63.7. The van der Waals surface area contributed by atoms with Gasteiger partial charge in [-0.3, -0.25) is 14.2 Å². The fourth-order valence-electron chi connectivity index (χ4n) is 7.44. The van der Waals surface area contributed by atoms with E-state index in [2.05, 4.69) is 68.6 Å². The highest BCUT2D eigenvalue weighted by molar-refractivity contribution is 7.45. The summed E-state index contributed by atoms with van der Waals surface area (Å²) >= 11 is 0. The summed E-state index contributed by atoms with van der Waals surface area (Å²) in [6.07, 6.45) is 56.3. The maximum Gasteiger partial charge on any atom is 0.306 e. The number of carbonyl (C=O) groups is 2. The second kappa shape index (κ2) is 46.4. The lowest BCUT2D eigenvalue weighted by molar-refractivity contribution is -0.870. The largest absolute Gasteiger partial charge is 0.756 e. The van der Waals surface area contributed by atoms with Crippen LogP contribution in [0.25, 0.3) is 0 Å². The Labute approximate surface area is 407 Å². The van der Waals surface area contributed by atoms with E-state index in [0.717, 1.165) is 77.0 Å². The number of hydrogen-bond donors (Lipinski definition) is 1. The molecular formula is C56H103N2O7P. The van der Waals surface area contributed by atoms with Crippen LogP contribution in [0.5, 0.6) is 0 Å². The van der Waals surface area contributed by atoms with E-state index >= 15 is 0 Å². The maximum atomic E-state index is 13.4. The molecule has 0 aliphatic rings. The molecule has 66 heavy (non-hydrogen) atoms. The monoisotopic (exact) mass is 947 g/mol. The maximum absolute atomic E-state index is 13.4. The molecule has 9 nitrogen and oxygen atoms in total. The molecule has 0 spiro atoms. The fourth-order valence-corrected chi connectivity index (χ4v) is 8.17. The minimum absolute atomic E-state index is 0.0348. The number of amides is 1. The first-order chi connectivity index (χ1) is 31.9. The summed E-state index contributed by atoms with van der Waals surface area (Å²) in [5, 5.41) is 2.97. The second-order valence-corrected chi connectivity index (χ2v) is 20.8. The molecule has 0 bridgehead atoms. The number of rotatable bonds is 48. The molecule has 0 saturated heterocycles. The number of allylic oxidation sites excluding steroid dienone is 9. The predicted octanol–water partition coefficient (Wildman–Crippen LogP) is 15.3. The minimum atomic E-state index is -4.71. The summed E-state index contributed by atoms with van der Waals surface area (Å²) in [5.41, 5.74) is 0. The Morgan fingerprint density at radius 3 is 1.52 bits per heavy atom. The Balaban J connectivity index is 5.50. The van der Waals surface area contributed by atoms with Crippen LogP contribution in [0.2, 0.25) is 0 Å². The van der Waals surface area contributed by atoms with Gasteiger partial charge in [-0.1, -0.05) is 204 Å². The van der Waals surface area contributed by atoms with E-state index in [0.29, 0.717) is 23.9 Å². The molecule has 384 valence electrons. The molecule has 0 rings (SSSR count). The molecule has 0 radical (unpaired) electrons. The van der Waals surface area contributed by atoms with Crippen LogP contribution in [0.4, 0.5) is 0 Å². The van der Waals surface area contributed by atoms with Crippen LogP contribution >= 0.6 is 7.82 Å². The van der Waals surface area contributed by atoms with Crippen LogP contribution in [-0.2, 0) is 27.9 Å². The Morgan fingerprint density at radius 1 is 0.545 bits per heavy atom. The fraction of sp³-hybridized carbons (Fsp3) is 0.786. The number of ether oxygens (including phenoxy) is 1. The van der Waals surface area contributed by atoms with Crippen molar-refractivity contribution in [3.63, 3.8) is 0 Å². The number of phosphoric acid groups is 1. The molecule has 10 heteroatoms. The topological polar surface area (TPSA) is 114 Å². The Hall–Kier alpha value is -2.29. The molecule has 1 N–H and O–H groups in total. The first-order valence-electron chi connectivity index (χ1n) is 27.1. The molecule has 0 aliphatic carbocycles. The molecule has 3 unspecified atom stereocenters. The van der Waals surface area contributed by atoms with E-state index in [1.807, 2.05) is 39.4 Å². The highest BCUT2D eigenvalue weighted by Crippen LogP contribution is 2.38. The van der Waals surface area contributed by atoms with Crippen molar-refractivity contribution in [1.29, 1.82) is 0 Å². The molecule has 0 aromatic rings. The Bertz CT molecular complexity index is 1320. The lowest BCUT2D eigenvalue weighted by atomic mass is 10.1.